The molecular weight excluding hydrogens is 332 g/mol. The van der Waals surface area contributed by atoms with Crippen LogP contribution in [0.2, 0.25) is 0 Å². The van der Waals surface area contributed by atoms with Gasteiger partial charge in [0.25, 0.3) is 0 Å². The maximum atomic E-state index is 12.8. The topological polar surface area (TPSA) is 75.7 Å². The number of carbonyl (C=O) groups is 3. The molecule has 1 unspecified atom stereocenters. The molecule has 2 amide bonds. The maximum Gasteiger partial charge on any atom is 0.329 e. The lowest BCUT2D eigenvalue weighted by molar-refractivity contribution is -0.149. The van der Waals surface area contributed by atoms with Gasteiger partial charge >= 0.3 is 5.97 Å². The van der Waals surface area contributed by atoms with Crippen LogP contribution in [0.5, 0.6) is 0 Å². The summed E-state index contributed by atoms with van der Waals surface area (Å²) in [5.74, 6) is -0.771. The number of fused-ring (bicyclic) bond motifs is 1. The fourth-order valence-electron chi connectivity index (χ4n) is 3.68. The van der Waals surface area contributed by atoms with Crippen LogP contribution in [0.3, 0.4) is 0 Å². The van der Waals surface area contributed by atoms with Crippen molar-refractivity contribution >= 4 is 17.8 Å². The number of amides is 2. The summed E-state index contributed by atoms with van der Waals surface area (Å²) in [6.45, 7) is 4.56. The molecule has 26 heavy (non-hydrogen) atoms. The van der Waals surface area contributed by atoms with Gasteiger partial charge in [-0.3, -0.25) is 9.59 Å². The molecule has 6 nitrogen and oxygen atoms in total. The number of ether oxygens (including phenoxy) is 1. The van der Waals surface area contributed by atoms with Gasteiger partial charge in [0.2, 0.25) is 11.8 Å². The predicted molar refractivity (Wildman–Crippen MR) is 99.3 cm³/mol. The third-order valence-corrected chi connectivity index (χ3v) is 5.19. The minimum absolute atomic E-state index is 0.0522. The van der Waals surface area contributed by atoms with Crippen LogP contribution in [0.4, 0.5) is 0 Å². The highest BCUT2D eigenvalue weighted by Crippen LogP contribution is 2.21. The van der Waals surface area contributed by atoms with Gasteiger partial charge in [-0.05, 0) is 39.0 Å². The van der Waals surface area contributed by atoms with Crippen molar-refractivity contribution in [2.75, 3.05) is 13.2 Å². The molecule has 0 aromatic carbocycles. The molecule has 2 aliphatic heterocycles. The second-order valence-electron chi connectivity index (χ2n) is 7.22. The molecular formula is C20H32N2O4. The van der Waals surface area contributed by atoms with E-state index < -0.39 is 18.1 Å². The zero-order chi connectivity index (χ0) is 18.9. The van der Waals surface area contributed by atoms with Crippen molar-refractivity contribution in [2.45, 2.75) is 77.3 Å². The highest BCUT2D eigenvalue weighted by atomic mass is 16.5. The van der Waals surface area contributed by atoms with Gasteiger partial charge in [-0.2, -0.15) is 0 Å². The maximum absolute atomic E-state index is 12.8. The Kier molecular flexibility index (Phi) is 8.13. The molecule has 3 atom stereocenters. The molecule has 0 aliphatic carbocycles. The number of nitrogens with zero attached hydrogens (tertiary/aromatic N) is 1. The first-order chi connectivity index (χ1) is 12.5. The summed E-state index contributed by atoms with van der Waals surface area (Å²) in [5.41, 5.74) is 0. The van der Waals surface area contributed by atoms with E-state index in [2.05, 4.69) is 11.4 Å². The van der Waals surface area contributed by atoms with Crippen LogP contribution < -0.4 is 5.32 Å². The Morgan fingerprint density at radius 3 is 2.77 bits per heavy atom. The van der Waals surface area contributed by atoms with Gasteiger partial charge in [0.05, 0.1) is 6.61 Å². The zero-order valence-electron chi connectivity index (χ0n) is 16.0. The Bertz CT molecular complexity index is 532. The largest absolute Gasteiger partial charge is 0.464 e. The van der Waals surface area contributed by atoms with E-state index in [1.807, 2.05) is 13.0 Å². The van der Waals surface area contributed by atoms with E-state index in [9.17, 15) is 14.4 Å². The Morgan fingerprint density at radius 2 is 2.00 bits per heavy atom. The van der Waals surface area contributed by atoms with Crippen LogP contribution in [0.25, 0.3) is 0 Å². The SMILES string of the molecule is CCOC(=O)C1NC(=O)[C@@H]2CCCN2C(=O)CCCCCC/C=C\[C@@H]1C. The van der Waals surface area contributed by atoms with Gasteiger partial charge in [-0.1, -0.05) is 31.9 Å². The summed E-state index contributed by atoms with van der Waals surface area (Å²) in [7, 11) is 0. The Labute approximate surface area is 156 Å². The van der Waals surface area contributed by atoms with Gasteiger partial charge in [-0.25, -0.2) is 4.79 Å². The molecule has 1 N–H and O–H groups in total. The number of nitrogens with one attached hydrogen (secondary N) is 1. The van der Waals surface area contributed by atoms with Crippen molar-refractivity contribution in [1.29, 1.82) is 0 Å². The fourth-order valence-corrected chi connectivity index (χ4v) is 3.68. The fraction of sp³-hybridized carbons (Fsp3) is 0.750. The lowest BCUT2D eigenvalue weighted by Crippen LogP contribution is -2.53. The molecule has 0 radical (unpaired) electrons. The van der Waals surface area contributed by atoms with E-state index in [4.69, 9.17) is 4.74 Å². The highest BCUT2D eigenvalue weighted by Gasteiger charge is 2.36. The van der Waals surface area contributed by atoms with Crippen LogP contribution in [0, 0.1) is 5.92 Å². The average molecular weight is 364 g/mol. The van der Waals surface area contributed by atoms with E-state index in [0.717, 1.165) is 38.5 Å². The summed E-state index contributed by atoms with van der Waals surface area (Å²) in [5, 5.41) is 2.85. The number of hydrogen-bond donors (Lipinski definition) is 1. The molecule has 6 heteroatoms. The van der Waals surface area contributed by atoms with Gasteiger partial charge in [0.15, 0.2) is 0 Å². The Hall–Kier alpha value is -1.85. The van der Waals surface area contributed by atoms with Gasteiger partial charge in [0.1, 0.15) is 12.1 Å². The minimum atomic E-state index is -0.721. The molecule has 2 aliphatic rings. The van der Waals surface area contributed by atoms with Crippen LogP contribution >= 0.6 is 0 Å². The number of esters is 1. The number of rotatable bonds is 2. The lowest BCUT2D eigenvalue weighted by atomic mass is 9.99. The first kappa shape index (κ1) is 20.5. The van der Waals surface area contributed by atoms with Gasteiger partial charge < -0.3 is 15.0 Å². The molecule has 0 saturated carbocycles. The molecule has 2 heterocycles. The standard InChI is InChI=1S/C20H32N2O4/c1-3-26-20(25)18-15(2)11-8-6-4-5-7-9-13-17(23)22-14-10-12-16(22)19(24)21-18/h8,11,15-16,18H,3-7,9-10,12-14H2,1-2H3,(H,21,24)/b11-8-/t15-,16-,18?/m0/s1. The van der Waals surface area contributed by atoms with E-state index in [1.165, 1.54) is 0 Å². The predicted octanol–water partition coefficient (Wildman–Crippen LogP) is 2.57. The van der Waals surface area contributed by atoms with E-state index >= 15 is 0 Å². The number of carbonyl (C=O) groups excluding carboxylic acids is 3. The number of hydrogen-bond acceptors (Lipinski definition) is 4. The van der Waals surface area contributed by atoms with Crippen LogP contribution in [0.15, 0.2) is 12.2 Å². The Morgan fingerprint density at radius 1 is 1.23 bits per heavy atom. The van der Waals surface area contributed by atoms with E-state index in [0.29, 0.717) is 19.4 Å². The molecule has 0 aromatic rings. The van der Waals surface area contributed by atoms with Crippen LogP contribution in [-0.2, 0) is 19.1 Å². The third kappa shape index (κ3) is 5.58. The van der Waals surface area contributed by atoms with Gasteiger partial charge in [0, 0.05) is 18.9 Å². The zero-order valence-corrected chi connectivity index (χ0v) is 16.0. The van der Waals surface area contributed by atoms with E-state index in [-0.39, 0.29) is 24.3 Å². The second kappa shape index (κ2) is 10.3. The highest BCUT2D eigenvalue weighted by molar-refractivity contribution is 5.91. The van der Waals surface area contributed by atoms with Crippen LogP contribution in [0.1, 0.15) is 65.2 Å². The van der Waals surface area contributed by atoms with Crippen LogP contribution in [-0.4, -0.2) is 47.9 Å². The van der Waals surface area contributed by atoms with Crippen molar-refractivity contribution in [1.82, 2.24) is 10.2 Å². The lowest BCUT2D eigenvalue weighted by Gasteiger charge is -2.27. The molecule has 1 saturated heterocycles. The van der Waals surface area contributed by atoms with Crippen molar-refractivity contribution in [3.05, 3.63) is 12.2 Å². The molecule has 2 rings (SSSR count). The smallest absolute Gasteiger partial charge is 0.329 e. The summed E-state index contributed by atoms with van der Waals surface area (Å²) >= 11 is 0. The van der Waals surface area contributed by atoms with Crippen molar-refractivity contribution < 1.29 is 19.1 Å². The summed E-state index contributed by atoms with van der Waals surface area (Å²) < 4.78 is 5.15. The molecule has 0 spiro atoms. The molecule has 0 aromatic heterocycles. The summed E-state index contributed by atoms with van der Waals surface area (Å²) in [6, 6.07) is -1.19. The van der Waals surface area contributed by atoms with E-state index in [1.54, 1.807) is 11.8 Å². The quantitative estimate of drug-likeness (QED) is 0.604. The first-order valence-electron chi connectivity index (χ1n) is 9.97. The first-order valence-corrected chi connectivity index (χ1v) is 9.97. The Balaban J connectivity index is 2.18. The monoisotopic (exact) mass is 364 g/mol. The van der Waals surface area contributed by atoms with Crippen molar-refractivity contribution in [3.63, 3.8) is 0 Å². The normalized spacial score (nSPS) is 29.9. The number of allylic oxidation sites excluding steroid dienone is 1. The summed E-state index contributed by atoms with van der Waals surface area (Å²) in [4.78, 5) is 39.4. The van der Waals surface area contributed by atoms with Crippen molar-refractivity contribution in [3.8, 4) is 0 Å². The minimum Gasteiger partial charge on any atom is -0.464 e. The second-order valence-corrected chi connectivity index (χ2v) is 7.22. The molecule has 0 bridgehead atoms. The average Bonchev–Trinajstić information content (AvgIpc) is 3.10. The molecule has 1 fully saturated rings. The molecule has 146 valence electrons. The van der Waals surface area contributed by atoms with Crippen molar-refractivity contribution in [2.24, 2.45) is 5.92 Å². The third-order valence-electron chi connectivity index (χ3n) is 5.19. The summed E-state index contributed by atoms with van der Waals surface area (Å²) in [6.07, 6.45) is 11.0. The van der Waals surface area contributed by atoms with Gasteiger partial charge in [-0.15, -0.1) is 0 Å².